The predicted molar refractivity (Wildman–Crippen MR) is 102 cm³/mol. The SMILES string of the molecule is Cc1cccc(N(CC(=O)c2ccc(Br)cc2)C2=NCCS2)c1. The summed E-state index contributed by atoms with van der Waals surface area (Å²) in [6.45, 7) is 3.17. The molecule has 0 spiro atoms. The first-order chi connectivity index (χ1) is 11.1. The van der Waals surface area contributed by atoms with Gasteiger partial charge >= 0.3 is 0 Å². The van der Waals surface area contributed by atoms with Crippen molar-refractivity contribution in [2.24, 2.45) is 4.99 Å². The van der Waals surface area contributed by atoms with Crippen LogP contribution in [-0.2, 0) is 0 Å². The molecule has 0 saturated heterocycles. The van der Waals surface area contributed by atoms with Gasteiger partial charge in [-0.3, -0.25) is 9.79 Å². The quantitative estimate of drug-likeness (QED) is 0.720. The number of halogens is 1. The summed E-state index contributed by atoms with van der Waals surface area (Å²) in [5.41, 5.74) is 2.91. The first-order valence-corrected chi connectivity index (χ1v) is 9.21. The monoisotopic (exact) mass is 388 g/mol. The van der Waals surface area contributed by atoms with Crippen LogP contribution in [0.4, 0.5) is 5.69 Å². The van der Waals surface area contributed by atoms with Gasteiger partial charge in [0, 0.05) is 21.5 Å². The summed E-state index contributed by atoms with van der Waals surface area (Å²) in [6.07, 6.45) is 0. The van der Waals surface area contributed by atoms with Crippen molar-refractivity contribution in [3.63, 3.8) is 0 Å². The fraction of sp³-hybridized carbons (Fsp3) is 0.222. The average Bonchev–Trinajstić information content (AvgIpc) is 3.07. The largest absolute Gasteiger partial charge is 0.313 e. The van der Waals surface area contributed by atoms with E-state index in [1.54, 1.807) is 11.8 Å². The Hall–Kier alpha value is -1.59. The second-order valence-electron chi connectivity index (χ2n) is 5.37. The van der Waals surface area contributed by atoms with Gasteiger partial charge in [-0.15, -0.1) is 0 Å². The molecule has 2 aromatic carbocycles. The Morgan fingerprint density at radius 2 is 2.04 bits per heavy atom. The fourth-order valence-corrected chi connectivity index (χ4v) is 3.56. The zero-order valence-electron chi connectivity index (χ0n) is 12.8. The molecule has 0 radical (unpaired) electrons. The molecular formula is C18H17BrN2OS. The molecule has 0 saturated carbocycles. The standard InChI is InChI=1S/C18H17BrN2OS/c1-13-3-2-4-16(11-13)21(18-20-9-10-23-18)12-17(22)14-5-7-15(19)8-6-14/h2-8,11H,9-10,12H2,1H3. The number of amidine groups is 1. The molecule has 118 valence electrons. The lowest BCUT2D eigenvalue weighted by Gasteiger charge is -2.23. The fourth-order valence-electron chi connectivity index (χ4n) is 2.42. The average molecular weight is 389 g/mol. The van der Waals surface area contributed by atoms with Gasteiger partial charge in [0.05, 0.1) is 13.1 Å². The first-order valence-electron chi connectivity index (χ1n) is 7.44. The van der Waals surface area contributed by atoms with Crippen LogP contribution in [0, 0.1) is 6.92 Å². The second-order valence-corrected chi connectivity index (χ2v) is 7.35. The van der Waals surface area contributed by atoms with Crippen molar-refractivity contribution in [1.29, 1.82) is 0 Å². The van der Waals surface area contributed by atoms with Gasteiger partial charge in [0.25, 0.3) is 0 Å². The molecule has 0 amide bonds. The number of aliphatic imine (C=N–C) groups is 1. The molecule has 0 aliphatic carbocycles. The van der Waals surface area contributed by atoms with Gasteiger partial charge in [-0.1, -0.05) is 52.0 Å². The van der Waals surface area contributed by atoms with Crippen LogP contribution in [0.15, 0.2) is 58.0 Å². The molecule has 1 aliphatic rings. The molecule has 0 fully saturated rings. The smallest absolute Gasteiger partial charge is 0.182 e. The number of anilines is 1. The van der Waals surface area contributed by atoms with Crippen molar-refractivity contribution < 1.29 is 4.79 Å². The van der Waals surface area contributed by atoms with Crippen molar-refractivity contribution in [1.82, 2.24) is 0 Å². The summed E-state index contributed by atoms with van der Waals surface area (Å²) < 4.78 is 0.973. The van der Waals surface area contributed by atoms with Crippen molar-refractivity contribution in [3.05, 3.63) is 64.1 Å². The zero-order valence-corrected chi connectivity index (χ0v) is 15.2. The number of carbonyl (C=O) groups is 1. The minimum Gasteiger partial charge on any atom is -0.313 e. The Balaban J connectivity index is 1.87. The van der Waals surface area contributed by atoms with Crippen molar-refractivity contribution >= 4 is 44.3 Å². The molecule has 0 N–H and O–H groups in total. The van der Waals surface area contributed by atoms with E-state index in [1.807, 2.05) is 41.3 Å². The van der Waals surface area contributed by atoms with Gasteiger partial charge in [0.1, 0.15) is 0 Å². The summed E-state index contributed by atoms with van der Waals surface area (Å²) in [5.74, 6) is 1.07. The summed E-state index contributed by atoms with van der Waals surface area (Å²) in [7, 11) is 0. The normalized spacial score (nSPS) is 13.7. The Morgan fingerprint density at radius 3 is 2.70 bits per heavy atom. The maximum absolute atomic E-state index is 12.7. The molecule has 0 atom stereocenters. The topological polar surface area (TPSA) is 32.7 Å². The highest BCUT2D eigenvalue weighted by molar-refractivity contribution is 9.10. The second kappa shape index (κ2) is 7.32. The van der Waals surface area contributed by atoms with Gasteiger partial charge in [-0.05, 0) is 36.8 Å². The Bertz CT molecular complexity index is 743. The molecule has 3 nitrogen and oxygen atoms in total. The molecule has 0 aromatic heterocycles. The van der Waals surface area contributed by atoms with E-state index in [0.717, 1.165) is 33.2 Å². The molecule has 2 aromatic rings. The molecule has 1 aliphatic heterocycles. The third-order valence-electron chi connectivity index (χ3n) is 3.58. The lowest BCUT2D eigenvalue weighted by Crippen LogP contribution is -2.33. The van der Waals surface area contributed by atoms with Crippen molar-refractivity contribution in [2.45, 2.75) is 6.92 Å². The Labute approximate surface area is 148 Å². The van der Waals surface area contributed by atoms with E-state index in [1.165, 1.54) is 5.56 Å². The van der Waals surface area contributed by atoms with Crippen LogP contribution in [0.5, 0.6) is 0 Å². The summed E-state index contributed by atoms with van der Waals surface area (Å²) >= 11 is 5.11. The number of hydrogen-bond acceptors (Lipinski definition) is 4. The van der Waals surface area contributed by atoms with Crippen molar-refractivity contribution in [3.8, 4) is 0 Å². The maximum atomic E-state index is 12.7. The number of hydrogen-bond donors (Lipinski definition) is 0. The minimum atomic E-state index is 0.0919. The van der Waals surface area contributed by atoms with E-state index in [0.29, 0.717) is 6.54 Å². The zero-order chi connectivity index (χ0) is 16.2. The predicted octanol–water partition coefficient (Wildman–Crippen LogP) is 4.55. The third kappa shape index (κ3) is 4.03. The summed E-state index contributed by atoms with van der Waals surface area (Å²) in [4.78, 5) is 19.2. The number of rotatable bonds is 4. The molecule has 0 bridgehead atoms. The van der Waals surface area contributed by atoms with Gasteiger partial charge in [0.2, 0.25) is 0 Å². The van der Waals surface area contributed by atoms with Crippen LogP contribution in [0.1, 0.15) is 15.9 Å². The molecule has 0 unspecified atom stereocenters. The van der Waals surface area contributed by atoms with Gasteiger partial charge in [-0.2, -0.15) is 0 Å². The van der Waals surface area contributed by atoms with E-state index in [4.69, 9.17) is 0 Å². The van der Waals surface area contributed by atoms with Crippen LogP contribution < -0.4 is 4.90 Å². The van der Waals surface area contributed by atoms with E-state index >= 15 is 0 Å². The van der Waals surface area contributed by atoms with E-state index < -0.39 is 0 Å². The van der Waals surface area contributed by atoms with E-state index in [-0.39, 0.29) is 5.78 Å². The minimum absolute atomic E-state index is 0.0919. The summed E-state index contributed by atoms with van der Waals surface area (Å²) in [6, 6.07) is 15.7. The number of aryl methyl sites for hydroxylation is 1. The van der Waals surface area contributed by atoms with Crippen LogP contribution in [0.3, 0.4) is 0 Å². The molecular weight excluding hydrogens is 372 g/mol. The van der Waals surface area contributed by atoms with Crippen molar-refractivity contribution in [2.75, 3.05) is 23.7 Å². The maximum Gasteiger partial charge on any atom is 0.182 e. The lowest BCUT2D eigenvalue weighted by molar-refractivity contribution is 0.100. The summed E-state index contributed by atoms with van der Waals surface area (Å²) in [5, 5.41) is 0.932. The number of carbonyl (C=O) groups excluding carboxylic acids is 1. The molecule has 3 rings (SSSR count). The number of Topliss-reactive ketones (excluding diaryl/α,β-unsaturated/α-hetero) is 1. The van der Waals surface area contributed by atoms with E-state index in [2.05, 4.69) is 40.0 Å². The van der Waals surface area contributed by atoms with Gasteiger partial charge in [0.15, 0.2) is 11.0 Å². The Morgan fingerprint density at radius 1 is 1.26 bits per heavy atom. The molecule has 5 heteroatoms. The number of nitrogens with zero attached hydrogens (tertiary/aromatic N) is 2. The highest BCUT2D eigenvalue weighted by Gasteiger charge is 2.21. The van der Waals surface area contributed by atoms with Crippen LogP contribution in [0.2, 0.25) is 0 Å². The van der Waals surface area contributed by atoms with Crippen LogP contribution >= 0.6 is 27.7 Å². The Kier molecular flexibility index (Phi) is 5.18. The first kappa shape index (κ1) is 16.3. The number of benzene rings is 2. The number of thioether (sulfide) groups is 1. The van der Waals surface area contributed by atoms with E-state index in [9.17, 15) is 4.79 Å². The number of ketones is 1. The van der Waals surface area contributed by atoms with Crippen LogP contribution in [0.25, 0.3) is 0 Å². The lowest BCUT2D eigenvalue weighted by atomic mass is 10.1. The van der Waals surface area contributed by atoms with Gasteiger partial charge < -0.3 is 4.90 Å². The third-order valence-corrected chi connectivity index (χ3v) is 5.10. The molecule has 23 heavy (non-hydrogen) atoms. The van der Waals surface area contributed by atoms with Gasteiger partial charge in [-0.25, -0.2) is 0 Å². The highest BCUT2D eigenvalue weighted by atomic mass is 79.9. The van der Waals surface area contributed by atoms with Crippen LogP contribution in [-0.4, -0.2) is 29.8 Å². The highest BCUT2D eigenvalue weighted by Crippen LogP contribution is 2.24. The molecule has 1 heterocycles.